The zero-order chi connectivity index (χ0) is 10.5. The largest absolute Gasteiger partial charge is 0.465 e. The minimum absolute atomic E-state index is 0.279. The molecule has 0 aromatic rings. The van der Waals surface area contributed by atoms with Crippen LogP contribution in [0.1, 0.15) is 13.8 Å². The Morgan fingerprint density at radius 1 is 1.69 bits per heavy atom. The van der Waals surface area contributed by atoms with Gasteiger partial charge in [-0.15, -0.1) is 0 Å². The van der Waals surface area contributed by atoms with Crippen LogP contribution < -0.4 is 5.32 Å². The molecule has 6 heteroatoms. The van der Waals surface area contributed by atoms with Crippen LogP contribution in [-0.4, -0.2) is 34.7 Å². The molecule has 1 amide bonds. The van der Waals surface area contributed by atoms with Crippen molar-refractivity contribution in [3.8, 4) is 0 Å². The maximum atomic E-state index is 12.3. The van der Waals surface area contributed by atoms with Crippen LogP contribution in [0.5, 0.6) is 0 Å². The van der Waals surface area contributed by atoms with Crippen molar-refractivity contribution >= 4 is 17.9 Å². The molecule has 0 aromatic carbocycles. The second kappa shape index (κ2) is 5.26. The highest BCUT2D eigenvalue weighted by Crippen LogP contribution is 2.18. The highest BCUT2D eigenvalue weighted by molar-refractivity contribution is 7.99. The van der Waals surface area contributed by atoms with E-state index in [1.54, 1.807) is 6.92 Å². The first-order valence-corrected chi connectivity index (χ1v) is 4.92. The summed E-state index contributed by atoms with van der Waals surface area (Å²) in [5, 5.41) is 10.5. The van der Waals surface area contributed by atoms with Crippen LogP contribution in [0.4, 0.5) is 13.6 Å². The minimum atomic E-state index is -2.69. The first-order chi connectivity index (χ1) is 5.81. The van der Waals surface area contributed by atoms with Gasteiger partial charge in [0.25, 0.3) is 5.92 Å². The summed E-state index contributed by atoms with van der Waals surface area (Å²) in [4.78, 5) is 10.1. The molecular weight excluding hydrogens is 200 g/mol. The summed E-state index contributed by atoms with van der Waals surface area (Å²) >= 11 is 1.03. The Kier molecular flexibility index (Phi) is 5.05. The van der Waals surface area contributed by atoms with Crippen LogP contribution in [0.15, 0.2) is 0 Å². The lowest BCUT2D eigenvalue weighted by atomic mass is 10.4. The Balaban J connectivity index is 3.48. The summed E-state index contributed by atoms with van der Waals surface area (Å²) in [5.41, 5.74) is 0. The van der Waals surface area contributed by atoms with E-state index in [0.717, 1.165) is 18.7 Å². The van der Waals surface area contributed by atoms with Crippen molar-refractivity contribution in [3.63, 3.8) is 0 Å². The zero-order valence-corrected chi connectivity index (χ0v) is 8.33. The third-order valence-corrected chi connectivity index (χ3v) is 2.54. The average molecular weight is 213 g/mol. The molecule has 0 bridgehead atoms. The third kappa shape index (κ3) is 9.39. The van der Waals surface area contributed by atoms with Crippen molar-refractivity contribution in [3.05, 3.63) is 0 Å². The quantitative estimate of drug-likeness (QED) is 0.734. The summed E-state index contributed by atoms with van der Waals surface area (Å²) in [5.74, 6) is -2.61. The van der Waals surface area contributed by atoms with Gasteiger partial charge in [0.1, 0.15) is 0 Å². The smallest absolute Gasteiger partial charge is 0.404 e. The van der Waals surface area contributed by atoms with E-state index in [0.29, 0.717) is 5.75 Å². The van der Waals surface area contributed by atoms with Gasteiger partial charge < -0.3 is 10.4 Å². The molecule has 13 heavy (non-hydrogen) atoms. The first-order valence-electron chi connectivity index (χ1n) is 3.76. The number of nitrogens with one attached hydrogen (secondary N) is 1. The molecule has 0 aliphatic heterocycles. The van der Waals surface area contributed by atoms with Crippen LogP contribution in [0, 0.1) is 0 Å². The lowest BCUT2D eigenvalue weighted by Crippen LogP contribution is -2.33. The molecule has 0 unspecified atom stereocenters. The number of halogens is 2. The predicted molar refractivity (Wildman–Crippen MR) is 48.6 cm³/mol. The van der Waals surface area contributed by atoms with Crippen molar-refractivity contribution in [2.75, 3.05) is 11.5 Å². The number of alkyl halides is 2. The van der Waals surface area contributed by atoms with Crippen LogP contribution in [0.25, 0.3) is 0 Å². The van der Waals surface area contributed by atoms with Crippen molar-refractivity contribution < 1.29 is 18.7 Å². The Bertz CT molecular complexity index is 172. The number of amides is 1. The van der Waals surface area contributed by atoms with Gasteiger partial charge in [0.05, 0.1) is 5.75 Å². The van der Waals surface area contributed by atoms with Gasteiger partial charge in [-0.05, 0) is 6.92 Å². The van der Waals surface area contributed by atoms with E-state index >= 15 is 0 Å². The van der Waals surface area contributed by atoms with E-state index in [-0.39, 0.29) is 11.8 Å². The summed E-state index contributed by atoms with van der Waals surface area (Å²) in [6.45, 7) is 2.48. The molecule has 0 rings (SSSR count). The Morgan fingerprint density at radius 2 is 2.23 bits per heavy atom. The maximum absolute atomic E-state index is 12.3. The normalized spacial score (nSPS) is 13.8. The molecule has 0 spiro atoms. The second-order valence-corrected chi connectivity index (χ2v) is 3.97. The number of thioether (sulfide) groups is 1. The summed E-state index contributed by atoms with van der Waals surface area (Å²) in [6, 6.07) is -0.301. The first kappa shape index (κ1) is 12.5. The lowest BCUT2D eigenvalue weighted by molar-refractivity contribution is 0.0492. The molecule has 3 nitrogen and oxygen atoms in total. The van der Waals surface area contributed by atoms with Crippen molar-refractivity contribution in [2.45, 2.75) is 25.8 Å². The third-order valence-electron chi connectivity index (χ3n) is 1.09. The standard InChI is InChI=1S/C7H13F2NO2S/c1-5(10-6(11)12)3-13-4-7(2,8)9/h5,10H,3-4H2,1-2H3,(H,11,12)/t5-/m1/s1. The number of hydrogen-bond acceptors (Lipinski definition) is 2. The van der Waals surface area contributed by atoms with E-state index in [9.17, 15) is 13.6 Å². The van der Waals surface area contributed by atoms with E-state index in [1.807, 2.05) is 0 Å². The van der Waals surface area contributed by atoms with E-state index in [2.05, 4.69) is 5.32 Å². The summed E-state index contributed by atoms with van der Waals surface area (Å²) in [6.07, 6.45) is -1.13. The highest BCUT2D eigenvalue weighted by atomic mass is 32.2. The van der Waals surface area contributed by atoms with Gasteiger partial charge in [-0.1, -0.05) is 0 Å². The fraction of sp³-hybridized carbons (Fsp3) is 0.857. The lowest BCUT2D eigenvalue weighted by Gasteiger charge is -2.13. The molecule has 0 aliphatic rings. The van der Waals surface area contributed by atoms with Gasteiger partial charge in [0.2, 0.25) is 0 Å². The summed E-state index contributed by atoms with van der Waals surface area (Å²) < 4.78 is 24.6. The molecule has 78 valence electrons. The molecule has 0 aromatic heterocycles. The van der Waals surface area contributed by atoms with Crippen LogP contribution in [0.2, 0.25) is 0 Å². The van der Waals surface area contributed by atoms with Crippen LogP contribution in [0.3, 0.4) is 0 Å². The second-order valence-electron chi connectivity index (χ2n) is 2.94. The molecular formula is C7H13F2NO2S. The highest BCUT2D eigenvalue weighted by Gasteiger charge is 2.21. The van der Waals surface area contributed by atoms with Gasteiger partial charge in [-0.3, -0.25) is 0 Å². The van der Waals surface area contributed by atoms with Crippen LogP contribution >= 0.6 is 11.8 Å². The van der Waals surface area contributed by atoms with E-state index in [1.165, 1.54) is 0 Å². The SMILES string of the molecule is C[C@H](CSCC(C)(F)F)NC(=O)O. The predicted octanol–water partition coefficient (Wildman–Crippen LogP) is 2.03. The van der Waals surface area contributed by atoms with Gasteiger partial charge >= 0.3 is 6.09 Å². The summed E-state index contributed by atoms with van der Waals surface area (Å²) in [7, 11) is 0. The molecule has 0 aliphatic carbocycles. The van der Waals surface area contributed by atoms with E-state index in [4.69, 9.17) is 5.11 Å². The van der Waals surface area contributed by atoms with Gasteiger partial charge in [0.15, 0.2) is 0 Å². The molecule has 0 radical (unpaired) electrons. The van der Waals surface area contributed by atoms with Crippen molar-refractivity contribution in [1.82, 2.24) is 5.32 Å². The van der Waals surface area contributed by atoms with E-state index < -0.39 is 12.0 Å². The Hall–Kier alpha value is -0.520. The molecule has 0 saturated heterocycles. The number of hydrogen-bond donors (Lipinski definition) is 2. The molecule has 1 atom stereocenters. The number of carbonyl (C=O) groups is 1. The molecule has 0 fully saturated rings. The molecule has 0 heterocycles. The maximum Gasteiger partial charge on any atom is 0.404 e. The molecule has 0 saturated carbocycles. The van der Waals surface area contributed by atoms with Crippen molar-refractivity contribution in [1.29, 1.82) is 0 Å². The topological polar surface area (TPSA) is 49.3 Å². The average Bonchev–Trinajstić information content (AvgIpc) is 1.81. The number of carboxylic acid groups (broad SMARTS) is 1. The molecule has 2 N–H and O–H groups in total. The van der Waals surface area contributed by atoms with Crippen LogP contribution in [-0.2, 0) is 0 Å². The zero-order valence-electron chi connectivity index (χ0n) is 7.51. The van der Waals surface area contributed by atoms with Gasteiger partial charge in [0, 0.05) is 18.7 Å². The fourth-order valence-corrected chi connectivity index (χ4v) is 1.58. The van der Waals surface area contributed by atoms with Gasteiger partial charge in [-0.25, -0.2) is 13.6 Å². The Morgan fingerprint density at radius 3 is 2.62 bits per heavy atom. The fourth-order valence-electron chi connectivity index (χ4n) is 0.667. The Labute approximate surface area is 79.9 Å². The van der Waals surface area contributed by atoms with Crippen molar-refractivity contribution in [2.24, 2.45) is 0 Å². The minimum Gasteiger partial charge on any atom is -0.465 e. The van der Waals surface area contributed by atoms with Gasteiger partial charge in [-0.2, -0.15) is 11.8 Å². The monoisotopic (exact) mass is 213 g/mol. The number of rotatable bonds is 5.